The SMILES string of the molecule is COCC(=O)N1CCc2ncnc(C3CCOC3)c2CC1. The minimum atomic E-state index is 0.0454. The topological polar surface area (TPSA) is 64.5 Å². The Bertz CT molecular complexity index is 515. The van der Waals surface area contributed by atoms with Gasteiger partial charge in [-0.1, -0.05) is 0 Å². The largest absolute Gasteiger partial charge is 0.381 e. The average molecular weight is 291 g/mol. The zero-order valence-electron chi connectivity index (χ0n) is 12.4. The fraction of sp³-hybridized carbons (Fsp3) is 0.667. The van der Waals surface area contributed by atoms with Crippen LogP contribution in [-0.2, 0) is 27.1 Å². The molecule has 1 unspecified atom stereocenters. The van der Waals surface area contributed by atoms with Gasteiger partial charge in [0, 0.05) is 44.8 Å². The van der Waals surface area contributed by atoms with Crippen LogP contribution in [0.1, 0.15) is 29.3 Å². The third-order valence-corrected chi connectivity index (χ3v) is 4.26. The molecule has 1 saturated heterocycles. The molecule has 1 atom stereocenters. The summed E-state index contributed by atoms with van der Waals surface area (Å²) in [5, 5.41) is 0. The van der Waals surface area contributed by atoms with Crippen molar-refractivity contribution in [1.82, 2.24) is 14.9 Å². The molecule has 1 amide bonds. The summed E-state index contributed by atoms with van der Waals surface area (Å²) in [6, 6.07) is 0. The molecule has 0 aromatic carbocycles. The van der Waals surface area contributed by atoms with Crippen molar-refractivity contribution in [3.63, 3.8) is 0 Å². The lowest BCUT2D eigenvalue weighted by Gasteiger charge is -2.19. The summed E-state index contributed by atoms with van der Waals surface area (Å²) in [6.45, 7) is 3.11. The Hall–Kier alpha value is -1.53. The molecule has 1 fully saturated rings. The number of amides is 1. The van der Waals surface area contributed by atoms with Crippen LogP contribution in [0.15, 0.2) is 6.33 Å². The monoisotopic (exact) mass is 291 g/mol. The molecule has 1 aromatic heterocycles. The molecule has 3 heterocycles. The Morgan fingerprint density at radius 2 is 2.29 bits per heavy atom. The molecule has 0 bridgehead atoms. The Morgan fingerprint density at radius 1 is 1.43 bits per heavy atom. The highest BCUT2D eigenvalue weighted by Crippen LogP contribution is 2.28. The zero-order valence-corrected chi connectivity index (χ0v) is 12.4. The Balaban J connectivity index is 1.79. The van der Waals surface area contributed by atoms with Crippen molar-refractivity contribution >= 4 is 5.91 Å². The molecule has 0 radical (unpaired) electrons. The van der Waals surface area contributed by atoms with Gasteiger partial charge in [0.25, 0.3) is 0 Å². The van der Waals surface area contributed by atoms with Crippen LogP contribution >= 0.6 is 0 Å². The van der Waals surface area contributed by atoms with Gasteiger partial charge in [-0.25, -0.2) is 9.97 Å². The van der Waals surface area contributed by atoms with Crippen LogP contribution in [0.4, 0.5) is 0 Å². The second-order valence-corrected chi connectivity index (χ2v) is 5.56. The second kappa shape index (κ2) is 6.49. The van der Waals surface area contributed by atoms with E-state index in [2.05, 4.69) is 9.97 Å². The van der Waals surface area contributed by atoms with Gasteiger partial charge in [-0.3, -0.25) is 4.79 Å². The first kappa shape index (κ1) is 14.4. The molecule has 0 spiro atoms. The maximum atomic E-state index is 12.0. The molecule has 0 N–H and O–H groups in total. The maximum absolute atomic E-state index is 12.0. The fourth-order valence-corrected chi connectivity index (χ4v) is 3.12. The van der Waals surface area contributed by atoms with Crippen molar-refractivity contribution < 1.29 is 14.3 Å². The van der Waals surface area contributed by atoms with E-state index in [9.17, 15) is 4.79 Å². The Morgan fingerprint density at radius 3 is 3.05 bits per heavy atom. The molecule has 0 saturated carbocycles. The van der Waals surface area contributed by atoms with Gasteiger partial charge in [-0.15, -0.1) is 0 Å². The lowest BCUT2D eigenvalue weighted by molar-refractivity contribution is -0.135. The number of nitrogens with zero attached hydrogens (tertiary/aromatic N) is 3. The molecule has 21 heavy (non-hydrogen) atoms. The summed E-state index contributed by atoms with van der Waals surface area (Å²) >= 11 is 0. The molecular weight excluding hydrogens is 270 g/mol. The molecule has 2 aliphatic heterocycles. The minimum absolute atomic E-state index is 0.0454. The number of rotatable bonds is 3. The van der Waals surface area contributed by atoms with Crippen molar-refractivity contribution in [2.24, 2.45) is 0 Å². The van der Waals surface area contributed by atoms with Gasteiger partial charge in [0.2, 0.25) is 5.91 Å². The molecule has 6 nitrogen and oxygen atoms in total. The van der Waals surface area contributed by atoms with Crippen molar-refractivity contribution in [2.45, 2.75) is 25.2 Å². The minimum Gasteiger partial charge on any atom is -0.381 e. The Labute approximate surface area is 124 Å². The van der Waals surface area contributed by atoms with E-state index in [1.54, 1.807) is 13.4 Å². The number of ether oxygens (including phenoxy) is 2. The third kappa shape index (κ3) is 3.06. The predicted molar refractivity (Wildman–Crippen MR) is 76.1 cm³/mol. The van der Waals surface area contributed by atoms with Gasteiger partial charge in [0.1, 0.15) is 12.9 Å². The number of hydrogen-bond acceptors (Lipinski definition) is 5. The molecular formula is C15H21N3O3. The number of fused-ring (bicyclic) bond motifs is 1. The molecule has 2 aliphatic rings. The summed E-state index contributed by atoms with van der Waals surface area (Å²) < 4.78 is 10.4. The van der Waals surface area contributed by atoms with Gasteiger partial charge in [-0.05, 0) is 18.4 Å². The van der Waals surface area contributed by atoms with Crippen molar-refractivity contribution in [3.05, 3.63) is 23.3 Å². The second-order valence-electron chi connectivity index (χ2n) is 5.56. The van der Waals surface area contributed by atoms with Gasteiger partial charge in [-0.2, -0.15) is 0 Å². The Kier molecular flexibility index (Phi) is 4.45. The number of methoxy groups -OCH3 is 1. The number of carbonyl (C=O) groups is 1. The summed E-state index contributed by atoms with van der Waals surface area (Å²) in [6.07, 6.45) is 4.28. The highest BCUT2D eigenvalue weighted by atomic mass is 16.5. The highest BCUT2D eigenvalue weighted by Gasteiger charge is 2.26. The number of aromatic nitrogens is 2. The van der Waals surface area contributed by atoms with E-state index < -0.39 is 0 Å². The van der Waals surface area contributed by atoms with Crippen LogP contribution in [0.5, 0.6) is 0 Å². The molecule has 0 aliphatic carbocycles. The van der Waals surface area contributed by atoms with E-state index in [-0.39, 0.29) is 12.5 Å². The van der Waals surface area contributed by atoms with Crippen molar-refractivity contribution in [1.29, 1.82) is 0 Å². The summed E-state index contributed by atoms with van der Waals surface area (Å²) in [4.78, 5) is 22.8. The van der Waals surface area contributed by atoms with Crippen LogP contribution in [0.2, 0.25) is 0 Å². The smallest absolute Gasteiger partial charge is 0.248 e. The lowest BCUT2D eigenvalue weighted by Crippen LogP contribution is -2.35. The van der Waals surface area contributed by atoms with Crippen LogP contribution in [0, 0.1) is 0 Å². The van der Waals surface area contributed by atoms with E-state index >= 15 is 0 Å². The van der Waals surface area contributed by atoms with E-state index in [1.807, 2.05) is 4.90 Å². The maximum Gasteiger partial charge on any atom is 0.248 e. The van der Waals surface area contributed by atoms with E-state index in [0.717, 1.165) is 43.9 Å². The van der Waals surface area contributed by atoms with E-state index in [4.69, 9.17) is 9.47 Å². The summed E-state index contributed by atoms with van der Waals surface area (Å²) in [5.41, 5.74) is 3.43. The first-order valence-corrected chi connectivity index (χ1v) is 7.46. The van der Waals surface area contributed by atoms with Crippen molar-refractivity contribution in [2.75, 3.05) is 40.0 Å². The molecule has 1 aromatic rings. The third-order valence-electron chi connectivity index (χ3n) is 4.26. The number of hydrogen-bond donors (Lipinski definition) is 0. The first-order valence-electron chi connectivity index (χ1n) is 7.46. The van der Waals surface area contributed by atoms with Gasteiger partial charge < -0.3 is 14.4 Å². The van der Waals surface area contributed by atoms with E-state index in [1.165, 1.54) is 5.56 Å². The van der Waals surface area contributed by atoms with Gasteiger partial charge in [0.15, 0.2) is 0 Å². The molecule has 3 rings (SSSR count). The lowest BCUT2D eigenvalue weighted by atomic mass is 9.96. The first-order chi connectivity index (χ1) is 10.3. The summed E-state index contributed by atoms with van der Waals surface area (Å²) in [5.74, 6) is 0.423. The average Bonchev–Trinajstić information content (AvgIpc) is 2.93. The quantitative estimate of drug-likeness (QED) is 0.814. The molecule has 6 heteroatoms. The van der Waals surface area contributed by atoms with Crippen molar-refractivity contribution in [3.8, 4) is 0 Å². The zero-order chi connectivity index (χ0) is 14.7. The van der Waals surface area contributed by atoms with Crippen LogP contribution in [-0.4, -0.2) is 60.8 Å². The standard InChI is InChI=1S/C15H21N3O3/c1-20-9-14(19)18-5-2-12-13(3-6-18)16-10-17-15(12)11-4-7-21-8-11/h10-11H,2-9H2,1H3. The number of carbonyl (C=O) groups excluding carboxylic acids is 1. The van der Waals surface area contributed by atoms with E-state index in [0.29, 0.717) is 19.0 Å². The normalized spacial score (nSPS) is 22.0. The van der Waals surface area contributed by atoms with Gasteiger partial charge >= 0.3 is 0 Å². The van der Waals surface area contributed by atoms with Crippen LogP contribution < -0.4 is 0 Å². The molecule has 114 valence electrons. The highest BCUT2D eigenvalue weighted by molar-refractivity contribution is 5.77. The predicted octanol–water partition coefficient (Wildman–Crippen LogP) is 0.554. The van der Waals surface area contributed by atoms with Gasteiger partial charge in [0.05, 0.1) is 12.3 Å². The van der Waals surface area contributed by atoms with Crippen LogP contribution in [0.25, 0.3) is 0 Å². The summed E-state index contributed by atoms with van der Waals surface area (Å²) in [7, 11) is 1.55. The van der Waals surface area contributed by atoms with Crippen LogP contribution in [0.3, 0.4) is 0 Å². The fourth-order valence-electron chi connectivity index (χ4n) is 3.12.